The molecule has 2 rings (SSSR count). The second kappa shape index (κ2) is 7.52. The molecule has 0 aromatic heterocycles. The molecule has 1 amide bonds. The standard InChI is InChI=1S/C21H27NO2/c1-15(2)18-8-6-7-9-19(18)22-20(23)14-24-17-12-10-16(11-13-17)21(3,4)5/h6-13,15H,14H2,1-5H3,(H,22,23). The van der Waals surface area contributed by atoms with Gasteiger partial charge in [0.2, 0.25) is 0 Å². The highest BCUT2D eigenvalue weighted by Gasteiger charge is 2.13. The van der Waals surface area contributed by atoms with Crippen molar-refractivity contribution < 1.29 is 9.53 Å². The van der Waals surface area contributed by atoms with Crippen molar-refractivity contribution in [2.45, 2.75) is 46.0 Å². The molecule has 0 fully saturated rings. The number of rotatable bonds is 5. The molecule has 3 heteroatoms. The zero-order chi connectivity index (χ0) is 17.7. The summed E-state index contributed by atoms with van der Waals surface area (Å²) in [6.07, 6.45) is 0. The van der Waals surface area contributed by atoms with Crippen molar-refractivity contribution in [3.63, 3.8) is 0 Å². The smallest absolute Gasteiger partial charge is 0.262 e. The molecule has 0 bridgehead atoms. The van der Waals surface area contributed by atoms with Gasteiger partial charge < -0.3 is 10.1 Å². The molecule has 0 saturated carbocycles. The van der Waals surface area contributed by atoms with Crippen LogP contribution in [0.25, 0.3) is 0 Å². The van der Waals surface area contributed by atoms with Gasteiger partial charge >= 0.3 is 0 Å². The predicted octanol–water partition coefficient (Wildman–Crippen LogP) is 5.13. The molecule has 0 unspecified atom stereocenters. The quantitative estimate of drug-likeness (QED) is 0.828. The van der Waals surface area contributed by atoms with Gasteiger partial charge in [0.15, 0.2) is 6.61 Å². The lowest BCUT2D eigenvalue weighted by Gasteiger charge is -2.19. The maximum atomic E-state index is 12.2. The van der Waals surface area contributed by atoms with E-state index in [1.165, 1.54) is 5.56 Å². The molecule has 24 heavy (non-hydrogen) atoms. The highest BCUT2D eigenvalue weighted by atomic mass is 16.5. The van der Waals surface area contributed by atoms with Gasteiger partial charge in [-0.1, -0.05) is 65.0 Å². The molecule has 128 valence electrons. The number of amides is 1. The summed E-state index contributed by atoms with van der Waals surface area (Å²) < 4.78 is 5.60. The number of para-hydroxylation sites is 1. The number of ether oxygens (including phenoxy) is 1. The number of carbonyl (C=O) groups is 1. The number of nitrogens with one attached hydrogen (secondary N) is 1. The van der Waals surface area contributed by atoms with Crippen molar-refractivity contribution in [1.82, 2.24) is 0 Å². The molecule has 2 aromatic rings. The fraction of sp³-hybridized carbons (Fsp3) is 0.381. The summed E-state index contributed by atoms with van der Waals surface area (Å²) in [6.45, 7) is 10.7. The van der Waals surface area contributed by atoms with Crippen molar-refractivity contribution in [2.75, 3.05) is 11.9 Å². The summed E-state index contributed by atoms with van der Waals surface area (Å²) in [5, 5.41) is 2.93. The monoisotopic (exact) mass is 325 g/mol. The Balaban J connectivity index is 1.94. The van der Waals surface area contributed by atoms with E-state index in [9.17, 15) is 4.79 Å². The van der Waals surface area contributed by atoms with E-state index in [1.54, 1.807) is 0 Å². The Morgan fingerprint density at radius 2 is 1.67 bits per heavy atom. The number of benzene rings is 2. The Morgan fingerprint density at radius 3 is 2.25 bits per heavy atom. The van der Waals surface area contributed by atoms with Gasteiger partial charge in [-0.25, -0.2) is 0 Å². The van der Waals surface area contributed by atoms with Crippen LogP contribution in [-0.4, -0.2) is 12.5 Å². The third kappa shape index (κ3) is 4.85. The maximum Gasteiger partial charge on any atom is 0.262 e. The molecule has 2 aromatic carbocycles. The van der Waals surface area contributed by atoms with Crippen LogP contribution in [0.4, 0.5) is 5.69 Å². The van der Waals surface area contributed by atoms with E-state index >= 15 is 0 Å². The van der Waals surface area contributed by atoms with E-state index in [1.807, 2.05) is 48.5 Å². The van der Waals surface area contributed by atoms with Gasteiger partial charge in [-0.15, -0.1) is 0 Å². The fourth-order valence-corrected chi connectivity index (χ4v) is 2.50. The zero-order valence-electron chi connectivity index (χ0n) is 15.2. The van der Waals surface area contributed by atoms with Crippen LogP contribution in [0.5, 0.6) is 5.75 Å². The topological polar surface area (TPSA) is 38.3 Å². The van der Waals surface area contributed by atoms with Gasteiger partial charge in [0.25, 0.3) is 5.91 Å². The van der Waals surface area contributed by atoms with Crippen molar-refractivity contribution >= 4 is 11.6 Å². The number of hydrogen-bond donors (Lipinski definition) is 1. The molecule has 0 radical (unpaired) electrons. The molecule has 0 spiro atoms. The van der Waals surface area contributed by atoms with E-state index in [4.69, 9.17) is 4.74 Å². The average molecular weight is 325 g/mol. The van der Waals surface area contributed by atoms with Crippen molar-refractivity contribution in [2.24, 2.45) is 0 Å². The fourth-order valence-electron chi connectivity index (χ4n) is 2.50. The van der Waals surface area contributed by atoms with Crippen LogP contribution in [0.2, 0.25) is 0 Å². The zero-order valence-corrected chi connectivity index (χ0v) is 15.2. The maximum absolute atomic E-state index is 12.2. The molecule has 1 N–H and O–H groups in total. The summed E-state index contributed by atoms with van der Waals surface area (Å²) in [5.41, 5.74) is 3.32. The SMILES string of the molecule is CC(C)c1ccccc1NC(=O)COc1ccc(C(C)(C)C)cc1. The molecule has 0 saturated heterocycles. The van der Waals surface area contributed by atoms with Crippen LogP contribution >= 0.6 is 0 Å². The minimum Gasteiger partial charge on any atom is -0.484 e. The third-order valence-electron chi connectivity index (χ3n) is 3.95. The number of hydrogen-bond acceptors (Lipinski definition) is 2. The van der Waals surface area contributed by atoms with Crippen LogP contribution < -0.4 is 10.1 Å². The van der Waals surface area contributed by atoms with E-state index in [0.29, 0.717) is 11.7 Å². The third-order valence-corrected chi connectivity index (χ3v) is 3.95. The summed E-state index contributed by atoms with van der Waals surface area (Å²) in [4.78, 5) is 12.2. The molecule has 3 nitrogen and oxygen atoms in total. The van der Waals surface area contributed by atoms with Crippen LogP contribution in [0.1, 0.15) is 51.7 Å². The Bertz CT molecular complexity index is 682. The summed E-state index contributed by atoms with van der Waals surface area (Å²) in [7, 11) is 0. The molecule has 0 aliphatic heterocycles. The molecule has 0 aliphatic rings. The lowest BCUT2D eigenvalue weighted by molar-refractivity contribution is -0.118. The highest BCUT2D eigenvalue weighted by Crippen LogP contribution is 2.25. The number of carbonyl (C=O) groups excluding carboxylic acids is 1. The van der Waals surface area contributed by atoms with E-state index in [-0.39, 0.29) is 17.9 Å². The Morgan fingerprint density at radius 1 is 1.04 bits per heavy atom. The van der Waals surface area contributed by atoms with Gasteiger partial charge in [0.05, 0.1) is 0 Å². The van der Waals surface area contributed by atoms with Crippen LogP contribution in [0.15, 0.2) is 48.5 Å². The van der Waals surface area contributed by atoms with Gasteiger partial charge in [0.1, 0.15) is 5.75 Å². The summed E-state index contributed by atoms with van der Waals surface area (Å²) >= 11 is 0. The van der Waals surface area contributed by atoms with E-state index in [2.05, 4.69) is 39.9 Å². The van der Waals surface area contributed by atoms with E-state index < -0.39 is 0 Å². The Kier molecular flexibility index (Phi) is 5.66. The molecular weight excluding hydrogens is 298 g/mol. The van der Waals surface area contributed by atoms with Crippen LogP contribution in [-0.2, 0) is 10.2 Å². The lowest BCUT2D eigenvalue weighted by atomic mass is 9.87. The first-order valence-corrected chi connectivity index (χ1v) is 8.39. The first-order valence-electron chi connectivity index (χ1n) is 8.39. The predicted molar refractivity (Wildman–Crippen MR) is 99.8 cm³/mol. The minimum atomic E-state index is -0.150. The summed E-state index contributed by atoms with van der Waals surface area (Å²) in [6, 6.07) is 15.8. The van der Waals surface area contributed by atoms with Crippen LogP contribution in [0, 0.1) is 0 Å². The number of anilines is 1. The van der Waals surface area contributed by atoms with Gasteiger partial charge in [-0.05, 0) is 40.7 Å². The molecule has 0 aliphatic carbocycles. The Labute approximate surface area is 145 Å². The Hall–Kier alpha value is -2.29. The second-order valence-corrected chi connectivity index (χ2v) is 7.35. The van der Waals surface area contributed by atoms with Gasteiger partial charge in [0, 0.05) is 5.69 Å². The van der Waals surface area contributed by atoms with Crippen LogP contribution in [0.3, 0.4) is 0 Å². The minimum absolute atomic E-state index is 0.00128. The first-order chi connectivity index (χ1) is 11.3. The largest absolute Gasteiger partial charge is 0.484 e. The molecular formula is C21H27NO2. The van der Waals surface area contributed by atoms with Gasteiger partial charge in [-0.2, -0.15) is 0 Å². The molecule has 0 heterocycles. The van der Waals surface area contributed by atoms with Gasteiger partial charge in [-0.3, -0.25) is 4.79 Å². The highest BCUT2D eigenvalue weighted by molar-refractivity contribution is 5.92. The molecule has 0 atom stereocenters. The van der Waals surface area contributed by atoms with E-state index in [0.717, 1.165) is 11.3 Å². The average Bonchev–Trinajstić information content (AvgIpc) is 2.53. The van der Waals surface area contributed by atoms with Crippen molar-refractivity contribution in [3.8, 4) is 5.75 Å². The van der Waals surface area contributed by atoms with Crippen molar-refractivity contribution in [3.05, 3.63) is 59.7 Å². The second-order valence-electron chi connectivity index (χ2n) is 7.35. The normalized spacial score (nSPS) is 11.4. The summed E-state index contributed by atoms with van der Waals surface area (Å²) in [5.74, 6) is 0.908. The van der Waals surface area contributed by atoms with Crippen molar-refractivity contribution in [1.29, 1.82) is 0 Å². The lowest BCUT2D eigenvalue weighted by Crippen LogP contribution is -2.21. The first kappa shape index (κ1) is 18.1.